The highest BCUT2D eigenvalue weighted by Gasteiger charge is 2.30. The standard InChI is InChI=1S/C20H20F3N5O/c1-12(2)25-19(29)26-17-16(13-6-4-3-5-7-13)27-28(18(17)24)15-10-8-14(9-11-15)20(21,22)23/h3-12H,24H2,1-2H3,(H2,25,26,29). The second kappa shape index (κ2) is 7.86. The van der Waals surface area contributed by atoms with E-state index in [1.54, 1.807) is 24.3 Å². The highest BCUT2D eigenvalue weighted by Crippen LogP contribution is 2.35. The molecule has 0 radical (unpaired) electrons. The second-order valence-corrected chi connectivity index (χ2v) is 6.68. The molecule has 29 heavy (non-hydrogen) atoms. The topological polar surface area (TPSA) is 85.0 Å². The van der Waals surface area contributed by atoms with Crippen LogP contribution in [0.15, 0.2) is 54.6 Å². The number of alkyl halides is 3. The Morgan fingerprint density at radius 3 is 2.24 bits per heavy atom. The van der Waals surface area contributed by atoms with E-state index in [1.165, 1.54) is 16.8 Å². The van der Waals surface area contributed by atoms with Crippen molar-refractivity contribution in [2.75, 3.05) is 11.1 Å². The lowest BCUT2D eigenvalue weighted by Gasteiger charge is -2.11. The molecule has 1 heterocycles. The normalized spacial score (nSPS) is 11.5. The lowest BCUT2D eigenvalue weighted by atomic mass is 10.1. The average Bonchev–Trinajstić information content (AvgIpc) is 2.98. The van der Waals surface area contributed by atoms with E-state index < -0.39 is 17.8 Å². The minimum absolute atomic E-state index is 0.0960. The van der Waals surface area contributed by atoms with Gasteiger partial charge < -0.3 is 16.4 Å². The largest absolute Gasteiger partial charge is 0.416 e. The van der Waals surface area contributed by atoms with Crippen molar-refractivity contribution in [2.45, 2.75) is 26.1 Å². The maximum absolute atomic E-state index is 12.8. The molecule has 0 spiro atoms. The molecule has 0 unspecified atom stereocenters. The number of benzene rings is 2. The average molecular weight is 403 g/mol. The number of carbonyl (C=O) groups is 1. The van der Waals surface area contributed by atoms with Crippen LogP contribution >= 0.6 is 0 Å². The van der Waals surface area contributed by atoms with E-state index in [0.29, 0.717) is 16.9 Å². The molecule has 152 valence electrons. The molecule has 0 saturated carbocycles. The minimum atomic E-state index is -4.44. The zero-order chi connectivity index (χ0) is 21.2. The molecule has 1 aromatic heterocycles. The highest BCUT2D eigenvalue weighted by molar-refractivity contribution is 5.97. The summed E-state index contributed by atoms with van der Waals surface area (Å²) in [7, 11) is 0. The Morgan fingerprint density at radius 2 is 1.69 bits per heavy atom. The molecule has 6 nitrogen and oxygen atoms in total. The van der Waals surface area contributed by atoms with Crippen molar-refractivity contribution in [3.8, 4) is 16.9 Å². The van der Waals surface area contributed by atoms with Gasteiger partial charge in [-0.2, -0.15) is 18.3 Å². The number of hydrogen-bond acceptors (Lipinski definition) is 3. The van der Waals surface area contributed by atoms with Crippen LogP contribution < -0.4 is 16.4 Å². The van der Waals surface area contributed by atoms with Crippen LogP contribution in [0.3, 0.4) is 0 Å². The van der Waals surface area contributed by atoms with E-state index in [1.807, 2.05) is 19.9 Å². The molecular formula is C20H20F3N5O. The second-order valence-electron chi connectivity index (χ2n) is 6.68. The number of rotatable bonds is 4. The van der Waals surface area contributed by atoms with E-state index in [2.05, 4.69) is 15.7 Å². The lowest BCUT2D eigenvalue weighted by Crippen LogP contribution is -2.34. The first kappa shape index (κ1) is 20.2. The predicted octanol–water partition coefficient (Wildman–Crippen LogP) is 4.67. The zero-order valence-corrected chi connectivity index (χ0v) is 15.8. The number of amides is 2. The van der Waals surface area contributed by atoms with Gasteiger partial charge in [-0.05, 0) is 38.1 Å². The van der Waals surface area contributed by atoms with E-state index in [-0.39, 0.29) is 17.5 Å². The Kier molecular flexibility index (Phi) is 5.49. The van der Waals surface area contributed by atoms with Gasteiger partial charge in [-0.25, -0.2) is 9.48 Å². The molecule has 0 bridgehead atoms. The molecule has 2 aromatic carbocycles. The monoisotopic (exact) mass is 403 g/mol. The molecule has 0 aliphatic carbocycles. The van der Waals surface area contributed by atoms with Gasteiger partial charge in [0, 0.05) is 11.6 Å². The first-order chi connectivity index (χ1) is 13.7. The van der Waals surface area contributed by atoms with Crippen molar-refractivity contribution in [2.24, 2.45) is 0 Å². The number of aromatic nitrogens is 2. The van der Waals surface area contributed by atoms with Gasteiger partial charge >= 0.3 is 12.2 Å². The molecule has 2 amide bonds. The van der Waals surface area contributed by atoms with E-state index >= 15 is 0 Å². The first-order valence-corrected chi connectivity index (χ1v) is 8.86. The van der Waals surface area contributed by atoms with Crippen molar-refractivity contribution < 1.29 is 18.0 Å². The summed E-state index contributed by atoms with van der Waals surface area (Å²) in [4.78, 5) is 12.2. The number of anilines is 2. The maximum atomic E-state index is 12.8. The Bertz CT molecular complexity index is 995. The number of urea groups is 1. The van der Waals surface area contributed by atoms with Crippen LogP contribution in [0.5, 0.6) is 0 Å². The fourth-order valence-electron chi connectivity index (χ4n) is 2.75. The predicted molar refractivity (Wildman–Crippen MR) is 106 cm³/mol. The van der Waals surface area contributed by atoms with Crippen LogP contribution in [-0.4, -0.2) is 21.9 Å². The molecule has 0 aliphatic rings. The van der Waals surface area contributed by atoms with Gasteiger partial charge in [0.25, 0.3) is 0 Å². The van der Waals surface area contributed by atoms with E-state index in [0.717, 1.165) is 12.1 Å². The van der Waals surface area contributed by atoms with Crippen molar-refractivity contribution in [3.63, 3.8) is 0 Å². The summed E-state index contributed by atoms with van der Waals surface area (Å²) in [5, 5.41) is 9.84. The van der Waals surface area contributed by atoms with Crippen molar-refractivity contribution in [1.29, 1.82) is 0 Å². The molecule has 0 saturated heterocycles. The number of halogens is 3. The van der Waals surface area contributed by atoms with Gasteiger partial charge in [0.1, 0.15) is 11.4 Å². The summed E-state index contributed by atoms with van der Waals surface area (Å²) in [5.74, 6) is 0.0996. The Balaban J connectivity index is 2.06. The van der Waals surface area contributed by atoms with Crippen LogP contribution in [0, 0.1) is 0 Å². The number of nitrogens with one attached hydrogen (secondary N) is 2. The SMILES string of the molecule is CC(C)NC(=O)Nc1c(-c2ccccc2)nn(-c2ccc(C(F)(F)F)cc2)c1N. The van der Waals surface area contributed by atoms with Crippen molar-refractivity contribution in [3.05, 3.63) is 60.2 Å². The van der Waals surface area contributed by atoms with Gasteiger partial charge in [-0.3, -0.25) is 0 Å². The Hall–Kier alpha value is -3.49. The van der Waals surface area contributed by atoms with Crippen molar-refractivity contribution >= 4 is 17.5 Å². The summed E-state index contributed by atoms with van der Waals surface area (Å²) in [6.45, 7) is 3.62. The zero-order valence-electron chi connectivity index (χ0n) is 15.8. The molecule has 0 fully saturated rings. The Morgan fingerprint density at radius 1 is 1.07 bits per heavy atom. The van der Waals surface area contributed by atoms with Crippen LogP contribution in [0.25, 0.3) is 16.9 Å². The van der Waals surface area contributed by atoms with Gasteiger partial charge in [0.05, 0.1) is 11.3 Å². The molecule has 3 rings (SSSR count). The molecule has 4 N–H and O–H groups in total. The number of hydrogen-bond donors (Lipinski definition) is 3. The van der Waals surface area contributed by atoms with Crippen LogP contribution in [0.1, 0.15) is 19.4 Å². The van der Waals surface area contributed by atoms with Gasteiger partial charge in [-0.15, -0.1) is 0 Å². The molecular weight excluding hydrogens is 383 g/mol. The third-order valence-corrected chi connectivity index (χ3v) is 4.07. The summed E-state index contributed by atoms with van der Waals surface area (Å²) < 4.78 is 39.8. The van der Waals surface area contributed by atoms with E-state index in [9.17, 15) is 18.0 Å². The number of nitrogens with zero attached hydrogens (tertiary/aromatic N) is 2. The lowest BCUT2D eigenvalue weighted by molar-refractivity contribution is -0.137. The van der Waals surface area contributed by atoms with Gasteiger partial charge in [-0.1, -0.05) is 30.3 Å². The number of nitrogen functional groups attached to an aromatic ring is 1. The van der Waals surface area contributed by atoms with Gasteiger partial charge in [0.2, 0.25) is 0 Å². The van der Waals surface area contributed by atoms with E-state index in [4.69, 9.17) is 5.73 Å². The number of nitrogens with two attached hydrogens (primary N) is 1. The van der Waals surface area contributed by atoms with Gasteiger partial charge in [0.15, 0.2) is 5.82 Å². The highest BCUT2D eigenvalue weighted by atomic mass is 19.4. The molecule has 9 heteroatoms. The maximum Gasteiger partial charge on any atom is 0.416 e. The van der Waals surface area contributed by atoms with Crippen molar-refractivity contribution in [1.82, 2.24) is 15.1 Å². The fourth-order valence-corrected chi connectivity index (χ4v) is 2.75. The summed E-state index contributed by atoms with van der Waals surface area (Å²) in [5.41, 5.74) is 7.15. The van der Waals surface area contributed by atoms with Crippen LogP contribution in [-0.2, 0) is 6.18 Å². The molecule has 3 aromatic rings. The third kappa shape index (κ3) is 4.50. The molecule has 0 aliphatic heterocycles. The quantitative estimate of drug-likeness (QED) is 0.592. The minimum Gasteiger partial charge on any atom is -0.382 e. The summed E-state index contributed by atoms with van der Waals surface area (Å²) in [6, 6.07) is 12.9. The smallest absolute Gasteiger partial charge is 0.382 e. The third-order valence-electron chi connectivity index (χ3n) is 4.07. The first-order valence-electron chi connectivity index (χ1n) is 8.86. The fraction of sp³-hybridized carbons (Fsp3) is 0.200. The molecule has 0 atom stereocenters. The Labute approximate surface area is 165 Å². The number of carbonyl (C=O) groups excluding carboxylic acids is 1. The summed E-state index contributed by atoms with van der Waals surface area (Å²) >= 11 is 0. The van der Waals surface area contributed by atoms with Crippen LogP contribution in [0.2, 0.25) is 0 Å². The summed E-state index contributed by atoms with van der Waals surface area (Å²) in [6.07, 6.45) is -4.44. The van der Waals surface area contributed by atoms with Crippen LogP contribution in [0.4, 0.5) is 29.5 Å².